The van der Waals surface area contributed by atoms with Crippen LogP contribution in [0.15, 0.2) is 35.8 Å². The van der Waals surface area contributed by atoms with Gasteiger partial charge in [-0.2, -0.15) is 0 Å². The van der Waals surface area contributed by atoms with Crippen molar-refractivity contribution in [3.63, 3.8) is 0 Å². The summed E-state index contributed by atoms with van der Waals surface area (Å²) >= 11 is 0. The van der Waals surface area contributed by atoms with Crippen LogP contribution in [-0.2, 0) is 19.1 Å². The smallest absolute Gasteiger partial charge is 0.378 e. The van der Waals surface area contributed by atoms with E-state index in [4.69, 9.17) is 9.47 Å². The van der Waals surface area contributed by atoms with Crippen LogP contribution in [-0.4, -0.2) is 30.3 Å². The minimum atomic E-state index is -1.05. The van der Waals surface area contributed by atoms with Gasteiger partial charge in [-0.25, -0.2) is 9.59 Å². The minimum Gasteiger partial charge on any atom is -0.499 e. The Hall–Kier alpha value is -2.50. The first-order valence-electron chi connectivity index (χ1n) is 6.51. The number of aryl methyl sites for hydroxylation is 1. The van der Waals surface area contributed by atoms with Crippen LogP contribution in [0.2, 0.25) is 0 Å². The highest BCUT2D eigenvalue weighted by Gasteiger charge is 2.25. The van der Waals surface area contributed by atoms with Crippen molar-refractivity contribution in [2.24, 2.45) is 0 Å². The van der Waals surface area contributed by atoms with Gasteiger partial charge in [0, 0.05) is 0 Å². The first-order chi connectivity index (χ1) is 9.99. The summed E-state index contributed by atoms with van der Waals surface area (Å²) < 4.78 is 14.7. The van der Waals surface area contributed by atoms with Gasteiger partial charge in [0.05, 0.1) is 13.2 Å². The molecule has 1 N–H and O–H groups in total. The number of carbonyl (C=O) groups is 2. The van der Waals surface area contributed by atoms with Crippen molar-refractivity contribution in [2.75, 3.05) is 13.2 Å². The molecule has 21 heavy (non-hydrogen) atoms. The number of esters is 2. The van der Waals surface area contributed by atoms with Crippen molar-refractivity contribution < 1.29 is 28.9 Å². The van der Waals surface area contributed by atoms with Gasteiger partial charge in [-0.3, -0.25) is 0 Å². The van der Waals surface area contributed by atoms with Gasteiger partial charge in [0.25, 0.3) is 11.5 Å². The average molecular weight is 294 g/mol. The third-order valence-electron chi connectivity index (χ3n) is 2.39. The van der Waals surface area contributed by atoms with Crippen molar-refractivity contribution in [1.29, 1.82) is 0 Å². The van der Waals surface area contributed by atoms with E-state index in [9.17, 15) is 14.7 Å². The zero-order valence-electron chi connectivity index (χ0n) is 12.2. The molecule has 0 radical (unpaired) electrons. The molecular formula is C15H18O6. The molecule has 0 aliphatic rings. The Morgan fingerprint density at radius 1 is 1.00 bits per heavy atom. The molecular weight excluding hydrogens is 276 g/mol. The van der Waals surface area contributed by atoms with E-state index in [1.54, 1.807) is 38.1 Å². The summed E-state index contributed by atoms with van der Waals surface area (Å²) in [6, 6.07) is 6.74. The van der Waals surface area contributed by atoms with Crippen LogP contribution < -0.4 is 4.74 Å². The fourth-order valence-electron chi connectivity index (χ4n) is 1.40. The molecule has 114 valence electrons. The van der Waals surface area contributed by atoms with Crippen LogP contribution in [0.25, 0.3) is 0 Å². The second kappa shape index (κ2) is 7.94. The molecule has 0 heterocycles. The Morgan fingerprint density at radius 2 is 1.52 bits per heavy atom. The summed E-state index contributed by atoms with van der Waals surface area (Å²) in [4.78, 5) is 23.3. The second-order valence-electron chi connectivity index (χ2n) is 4.03. The van der Waals surface area contributed by atoms with Crippen molar-refractivity contribution in [3.05, 3.63) is 41.3 Å². The lowest BCUT2D eigenvalue weighted by Crippen LogP contribution is -2.20. The summed E-state index contributed by atoms with van der Waals surface area (Å²) in [5.74, 6) is -3.22. The predicted molar refractivity (Wildman–Crippen MR) is 74.7 cm³/mol. The lowest BCUT2D eigenvalue weighted by Gasteiger charge is -2.11. The molecule has 0 aliphatic heterocycles. The molecule has 1 aromatic rings. The van der Waals surface area contributed by atoms with Gasteiger partial charge in [-0.15, -0.1) is 0 Å². The molecule has 0 unspecified atom stereocenters. The Bertz CT molecular complexity index is 530. The predicted octanol–water partition coefficient (Wildman–Crippen LogP) is 2.27. The van der Waals surface area contributed by atoms with E-state index < -0.39 is 23.5 Å². The molecule has 0 atom stereocenters. The number of hydrogen-bond acceptors (Lipinski definition) is 6. The van der Waals surface area contributed by atoms with Crippen LogP contribution in [0.5, 0.6) is 5.75 Å². The summed E-state index contributed by atoms with van der Waals surface area (Å²) in [6.07, 6.45) is 0. The molecule has 0 amide bonds. The summed E-state index contributed by atoms with van der Waals surface area (Å²) in [5, 5.41) is 9.80. The largest absolute Gasteiger partial charge is 0.499 e. The van der Waals surface area contributed by atoms with Crippen LogP contribution in [0.4, 0.5) is 0 Å². The van der Waals surface area contributed by atoms with Crippen molar-refractivity contribution in [2.45, 2.75) is 20.8 Å². The van der Waals surface area contributed by atoms with E-state index in [2.05, 4.69) is 4.74 Å². The number of aliphatic hydroxyl groups is 1. The maximum absolute atomic E-state index is 11.8. The number of benzene rings is 1. The first kappa shape index (κ1) is 16.6. The zero-order chi connectivity index (χ0) is 15.8. The Balaban J connectivity index is 3.07. The maximum atomic E-state index is 11.8. The highest BCUT2D eigenvalue weighted by molar-refractivity contribution is 5.97. The van der Waals surface area contributed by atoms with Gasteiger partial charge in [0.15, 0.2) is 0 Å². The lowest BCUT2D eigenvalue weighted by atomic mass is 10.2. The number of aliphatic hydroxyl groups excluding tert-OH is 1. The Morgan fingerprint density at radius 3 is 2.05 bits per heavy atom. The second-order valence-corrected chi connectivity index (χ2v) is 4.03. The molecule has 6 nitrogen and oxygen atoms in total. The molecule has 0 fully saturated rings. The molecule has 0 saturated carbocycles. The van der Waals surface area contributed by atoms with Gasteiger partial charge in [0.2, 0.25) is 0 Å². The third-order valence-corrected chi connectivity index (χ3v) is 2.39. The van der Waals surface area contributed by atoms with Crippen molar-refractivity contribution in [1.82, 2.24) is 0 Å². The van der Waals surface area contributed by atoms with Crippen LogP contribution in [0.3, 0.4) is 0 Å². The highest BCUT2D eigenvalue weighted by atomic mass is 16.6. The molecule has 0 aromatic heterocycles. The molecule has 1 aromatic carbocycles. The van der Waals surface area contributed by atoms with Gasteiger partial charge in [-0.1, -0.05) is 17.7 Å². The monoisotopic (exact) mass is 294 g/mol. The van der Waals surface area contributed by atoms with E-state index >= 15 is 0 Å². The molecule has 6 heteroatoms. The number of carbonyl (C=O) groups excluding carboxylic acids is 2. The average Bonchev–Trinajstić information content (AvgIpc) is 2.46. The minimum absolute atomic E-state index is 0.0591. The summed E-state index contributed by atoms with van der Waals surface area (Å²) in [7, 11) is 0. The fraction of sp³-hybridized carbons (Fsp3) is 0.333. The van der Waals surface area contributed by atoms with E-state index in [1.165, 1.54) is 0 Å². The van der Waals surface area contributed by atoms with E-state index in [1.807, 2.05) is 6.92 Å². The standard InChI is InChI=1S/C15H18O6/c1-4-19-14(17)12(16)13(15(18)20-5-2)21-11-8-6-10(3)7-9-11/h6-9,16H,4-5H2,1-3H3/b13-12+. The van der Waals surface area contributed by atoms with Gasteiger partial charge < -0.3 is 19.3 Å². The molecule has 0 spiro atoms. The first-order valence-corrected chi connectivity index (χ1v) is 6.51. The van der Waals surface area contributed by atoms with Crippen LogP contribution >= 0.6 is 0 Å². The molecule has 0 bridgehead atoms. The molecule has 0 saturated heterocycles. The summed E-state index contributed by atoms with van der Waals surface area (Å²) in [5.41, 5.74) is 0.999. The number of hydrogen-bond donors (Lipinski definition) is 1. The zero-order valence-corrected chi connectivity index (χ0v) is 12.2. The molecule has 0 aliphatic carbocycles. The van der Waals surface area contributed by atoms with Gasteiger partial charge >= 0.3 is 11.9 Å². The normalized spacial score (nSPS) is 11.4. The van der Waals surface area contributed by atoms with Gasteiger partial charge in [0.1, 0.15) is 5.75 Å². The maximum Gasteiger partial charge on any atom is 0.378 e. The van der Waals surface area contributed by atoms with E-state index in [0.29, 0.717) is 5.75 Å². The number of ether oxygens (including phenoxy) is 3. The topological polar surface area (TPSA) is 82.1 Å². The van der Waals surface area contributed by atoms with Crippen molar-refractivity contribution in [3.8, 4) is 5.75 Å². The summed E-state index contributed by atoms with van der Waals surface area (Å²) in [6.45, 7) is 5.21. The highest BCUT2D eigenvalue weighted by Crippen LogP contribution is 2.18. The van der Waals surface area contributed by atoms with E-state index in [-0.39, 0.29) is 13.2 Å². The van der Waals surface area contributed by atoms with E-state index in [0.717, 1.165) is 5.56 Å². The van der Waals surface area contributed by atoms with Crippen LogP contribution in [0, 0.1) is 6.92 Å². The third kappa shape index (κ3) is 4.83. The SMILES string of the molecule is CCOC(=O)/C(O)=C(\Oc1ccc(C)cc1)C(=O)OCC. The molecule has 1 rings (SSSR count). The Labute approximate surface area is 122 Å². The number of rotatable bonds is 6. The van der Waals surface area contributed by atoms with Crippen LogP contribution in [0.1, 0.15) is 19.4 Å². The van der Waals surface area contributed by atoms with Crippen molar-refractivity contribution >= 4 is 11.9 Å². The van der Waals surface area contributed by atoms with Gasteiger partial charge in [-0.05, 0) is 32.9 Å². The lowest BCUT2D eigenvalue weighted by molar-refractivity contribution is -0.146. The quantitative estimate of drug-likeness (QED) is 0.492. The Kier molecular flexibility index (Phi) is 6.26. The fourth-order valence-corrected chi connectivity index (χ4v) is 1.40.